The van der Waals surface area contributed by atoms with Gasteiger partial charge in [0.25, 0.3) is 0 Å². The number of nitrogens with zero attached hydrogens (tertiary/aromatic N) is 2. The zero-order valence-corrected chi connectivity index (χ0v) is 12.8. The number of amides is 1. The summed E-state index contributed by atoms with van der Waals surface area (Å²) in [4.78, 5) is 12.3. The Morgan fingerprint density at radius 2 is 1.82 bits per heavy atom. The van der Waals surface area contributed by atoms with Crippen molar-refractivity contribution in [2.24, 2.45) is 0 Å². The van der Waals surface area contributed by atoms with E-state index in [2.05, 4.69) is 10.4 Å². The van der Waals surface area contributed by atoms with E-state index < -0.39 is 0 Å². The van der Waals surface area contributed by atoms with Crippen molar-refractivity contribution in [1.29, 1.82) is 0 Å². The molecule has 0 aliphatic carbocycles. The summed E-state index contributed by atoms with van der Waals surface area (Å²) in [6.07, 6.45) is 0. The Balaban J connectivity index is 1.74. The summed E-state index contributed by atoms with van der Waals surface area (Å²) in [5, 5.41) is 8.57. The molecular weight excluding hydrogens is 274 g/mol. The SMILES string of the molecule is Cc1nn(CC(=O)N[C@H](C)c2ccccc2)c2ccccc12. The Bertz CT molecular complexity index is 792. The Kier molecular flexibility index (Phi) is 3.92. The van der Waals surface area contributed by atoms with Crippen molar-refractivity contribution in [2.75, 3.05) is 0 Å². The molecule has 112 valence electrons. The molecule has 1 aromatic heterocycles. The molecule has 1 atom stereocenters. The number of hydrogen-bond donors (Lipinski definition) is 1. The molecule has 0 unspecified atom stereocenters. The van der Waals surface area contributed by atoms with Crippen LogP contribution in [0.15, 0.2) is 54.6 Å². The molecule has 2 aromatic carbocycles. The molecule has 3 rings (SSSR count). The first-order valence-corrected chi connectivity index (χ1v) is 7.41. The van der Waals surface area contributed by atoms with Crippen LogP contribution in [-0.4, -0.2) is 15.7 Å². The molecule has 3 aromatic rings. The van der Waals surface area contributed by atoms with Crippen LogP contribution in [-0.2, 0) is 11.3 Å². The lowest BCUT2D eigenvalue weighted by Gasteiger charge is -2.14. The second-order valence-corrected chi connectivity index (χ2v) is 5.46. The van der Waals surface area contributed by atoms with Crippen molar-refractivity contribution in [3.8, 4) is 0 Å². The maximum atomic E-state index is 12.3. The van der Waals surface area contributed by atoms with Gasteiger partial charge in [-0.15, -0.1) is 0 Å². The number of carbonyl (C=O) groups excluding carboxylic acids is 1. The predicted molar refractivity (Wildman–Crippen MR) is 87.5 cm³/mol. The molecule has 0 saturated heterocycles. The minimum absolute atomic E-state index is 0.0170. The Hall–Kier alpha value is -2.62. The highest BCUT2D eigenvalue weighted by molar-refractivity contribution is 5.84. The van der Waals surface area contributed by atoms with Gasteiger partial charge in [0.2, 0.25) is 5.91 Å². The summed E-state index contributed by atoms with van der Waals surface area (Å²) in [5.41, 5.74) is 3.03. The number of fused-ring (bicyclic) bond motifs is 1. The van der Waals surface area contributed by atoms with E-state index in [1.54, 1.807) is 4.68 Å². The van der Waals surface area contributed by atoms with E-state index in [9.17, 15) is 4.79 Å². The Morgan fingerprint density at radius 1 is 1.14 bits per heavy atom. The standard InChI is InChI=1S/C18H19N3O/c1-13(15-8-4-3-5-9-15)19-18(22)12-21-17-11-7-6-10-16(17)14(2)20-21/h3-11,13H,12H2,1-2H3,(H,19,22)/t13-/m1/s1. The molecule has 0 aliphatic rings. The third-order valence-electron chi connectivity index (χ3n) is 3.81. The van der Waals surface area contributed by atoms with Gasteiger partial charge in [-0.1, -0.05) is 48.5 Å². The molecule has 0 saturated carbocycles. The average Bonchev–Trinajstić information content (AvgIpc) is 2.85. The fraction of sp³-hybridized carbons (Fsp3) is 0.222. The van der Waals surface area contributed by atoms with Crippen molar-refractivity contribution in [3.63, 3.8) is 0 Å². The summed E-state index contributed by atoms with van der Waals surface area (Å²) >= 11 is 0. The van der Waals surface area contributed by atoms with Gasteiger partial charge in [-0.05, 0) is 25.5 Å². The van der Waals surface area contributed by atoms with E-state index in [1.165, 1.54) is 0 Å². The first-order valence-electron chi connectivity index (χ1n) is 7.41. The van der Waals surface area contributed by atoms with Crippen molar-refractivity contribution in [3.05, 3.63) is 65.9 Å². The van der Waals surface area contributed by atoms with Gasteiger partial charge >= 0.3 is 0 Å². The molecule has 22 heavy (non-hydrogen) atoms. The van der Waals surface area contributed by atoms with Crippen LogP contribution in [0.1, 0.15) is 24.2 Å². The van der Waals surface area contributed by atoms with E-state index in [1.807, 2.05) is 68.4 Å². The largest absolute Gasteiger partial charge is 0.348 e. The van der Waals surface area contributed by atoms with Crippen LogP contribution in [0, 0.1) is 6.92 Å². The topological polar surface area (TPSA) is 46.9 Å². The molecule has 1 amide bonds. The van der Waals surface area contributed by atoms with Gasteiger partial charge in [0.1, 0.15) is 6.54 Å². The second-order valence-electron chi connectivity index (χ2n) is 5.46. The normalized spacial score (nSPS) is 12.3. The molecule has 1 N–H and O–H groups in total. The van der Waals surface area contributed by atoms with Crippen LogP contribution in [0.4, 0.5) is 0 Å². The summed E-state index contributed by atoms with van der Waals surface area (Å²) in [6.45, 7) is 4.18. The summed E-state index contributed by atoms with van der Waals surface area (Å²) in [7, 11) is 0. The van der Waals surface area contributed by atoms with Gasteiger partial charge in [-0.25, -0.2) is 0 Å². The van der Waals surface area contributed by atoms with Gasteiger partial charge < -0.3 is 5.32 Å². The third kappa shape index (κ3) is 2.86. The van der Waals surface area contributed by atoms with Crippen molar-refractivity contribution in [1.82, 2.24) is 15.1 Å². The summed E-state index contributed by atoms with van der Waals surface area (Å²) < 4.78 is 1.76. The van der Waals surface area contributed by atoms with Crippen LogP contribution in [0.25, 0.3) is 10.9 Å². The summed E-state index contributed by atoms with van der Waals surface area (Å²) in [5.74, 6) is -0.0374. The number of nitrogens with one attached hydrogen (secondary N) is 1. The highest BCUT2D eigenvalue weighted by Crippen LogP contribution is 2.17. The zero-order chi connectivity index (χ0) is 15.5. The van der Waals surface area contributed by atoms with E-state index in [0.717, 1.165) is 22.2 Å². The van der Waals surface area contributed by atoms with E-state index in [4.69, 9.17) is 0 Å². The van der Waals surface area contributed by atoms with Gasteiger partial charge in [-0.3, -0.25) is 9.48 Å². The van der Waals surface area contributed by atoms with Gasteiger partial charge in [0.05, 0.1) is 17.3 Å². The molecule has 1 heterocycles. The van der Waals surface area contributed by atoms with Crippen LogP contribution in [0.5, 0.6) is 0 Å². The number of rotatable bonds is 4. The van der Waals surface area contributed by atoms with Gasteiger partial charge in [0.15, 0.2) is 0 Å². The fourth-order valence-corrected chi connectivity index (χ4v) is 2.66. The number of carbonyl (C=O) groups is 1. The third-order valence-corrected chi connectivity index (χ3v) is 3.81. The lowest BCUT2D eigenvalue weighted by Crippen LogP contribution is -2.30. The van der Waals surface area contributed by atoms with Gasteiger partial charge in [0, 0.05) is 5.39 Å². The maximum Gasteiger partial charge on any atom is 0.242 e. The molecule has 4 heteroatoms. The number of aryl methyl sites for hydroxylation is 1. The van der Waals surface area contributed by atoms with Crippen LogP contribution in [0.2, 0.25) is 0 Å². The maximum absolute atomic E-state index is 12.3. The number of para-hydroxylation sites is 1. The number of aromatic nitrogens is 2. The van der Waals surface area contributed by atoms with Crippen LogP contribution < -0.4 is 5.32 Å². The number of benzene rings is 2. The van der Waals surface area contributed by atoms with Gasteiger partial charge in [-0.2, -0.15) is 5.10 Å². The molecular formula is C18H19N3O. The van der Waals surface area contributed by atoms with Crippen molar-refractivity contribution < 1.29 is 4.79 Å². The number of hydrogen-bond acceptors (Lipinski definition) is 2. The molecule has 0 radical (unpaired) electrons. The lowest BCUT2D eigenvalue weighted by atomic mass is 10.1. The second kappa shape index (κ2) is 6.02. The van der Waals surface area contributed by atoms with Crippen molar-refractivity contribution >= 4 is 16.8 Å². The van der Waals surface area contributed by atoms with E-state index in [0.29, 0.717) is 0 Å². The fourth-order valence-electron chi connectivity index (χ4n) is 2.66. The summed E-state index contributed by atoms with van der Waals surface area (Å²) in [6, 6.07) is 17.9. The predicted octanol–water partition coefficient (Wildman–Crippen LogP) is 3.22. The molecule has 0 spiro atoms. The average molecular weight is 293 g/mol. The monoisotopic (exact) mass is 293 g/mol. The smallest absolute Gasteiger partial charge is 0.242 e. The quantitative estimate of drug-likeness (QED) is 0.803. The first kappa shape index (κ1) is 14.3. The Morgan fingerprint density at radius 3 is 2.59 bits per heavy atom. The first-order chi connectivity index (χ1) is 10.6. The van der Waals surface area contributed by atoms with E-state index in [-0.39, 0.29) is 18.5 Å². The highest BCUT2D eigenvalue weighted by atomic mass is 16.2. The van der Waals surface area contributed by atoms with E-state index >= 15 is 0 Å². The minimum atomic E-state index is -0.0374. The molecule has 4 nitrogen and oxygen atoms in total. The molecule has 0 aliphatic heterocycles. The highest BCUT2D eigenvalue weighted by Gasteiger charge is 2.13. The molecule has 0 fully saturated rings. The Labute approximate surface area is 129 Å². The van der Waals surface area contributed by atoms with Crippen molar-refractivity contribution in [2.45, 2.75) is 26.4 Å². The lowest BCUT2D eigenvalue weighted by molar-refractivity contribution is -0.122. The minimum Gasteiger partial charge on any atom is -0.348 e. The molecule has 0 bridgehead atoms. The zero-order valence-electron chi connectivity index (χ0n) is 12.8. The van der Waals surface area contributed by atoms with Crippen LogP contribution >= 0.6 is 0 Å². The van der Waals surface area contributed by atoms with Crippen LogP contribution in [0.3, 0.4) is 0 Å².